The monoisotopic (exact) mass is 1400 g/mol. The first-order valence-electron chi connectivity index (χ1n) is 30.8. The number of nitrogens with one attached hydrogen (secondary N) is 10. The third kappa shape index (κ3) is 25.1. The van der Waals surface area contributed by atoms with E-state index in [0.29, 0.717) is 17.5 Å². The number of amides is 10. The smallest absolute Gasteiger partial charge is 0.295 e. The van der Waals surface area contributed by atoms with Crippen LogP contribution in [0.1, 0.15) is 110 Å². The van der Waals surface area contributed by atoms with Crippen LogP contribution in [0, 0.1) is 11.8 Å². The zero-order chi connectivity index (χ0) is 71.0. The summed E-state index contributed by atoms with van der Waals surface area (Å²) in [7, 11) is -8.96. The minimum Gasteiger partial charge on any atom is -0.508 e. The molecule has 1 aromatic heterocycles. The molecule has 0 bridgehead atoms. The summed E-state index contributed by atoms with van der Waals surface area (Å²) in [5.74, 6) is -4.17. The van der Waals surface area contributed by atoms with Crippen molar-refractivity contribution < 1.29 is 78.7 Å². The summed E-state index contributed by atoms with van der Waals surface area (Å²) in [6.45, 7) is 7.55. The lowest BCUT2D eigenvalue weighted by Crippen LogP contribution is -2.59. The summed E-state index contributed by atoms with van der Waals surface area (Å²) in [5.41, 5.74) is 9.62. The van der Waals surface area contributed by atoms with Crippen molar-refractivity contribution in [1.82, 2.24) is 64.1 Å². The van der Waals surface area contributed by atoms with Crippen molar-refractivity contribution in [2.45, 2.75) is 127 Å². The van der Waals surface area contributed by atoms with E-state index in [-0.39, 0.29) is 103 Å². The van der Waals surface area contributed by atoms with E-state index in [1.807, 2.05) is 0 Å². The minimum atomic E-state index is -4.49. The number of likely N-dealkylation sites (tertiary alicyclic amines) is 1. The number of phenols is 1. The molecule has 1 aliphatic heterocycles. The molecule has 34 heteroatoms. The third-order valence-corrected chi connectivity index (χ3v) is 16.9. The molecule has 0 unspecified atom stereocenters. The van der Waals surface area contributed by atoms with Gasteiger partial charge in [-0.05, 0) is 110 Å². The highest BCUT2D eigenvalue weighted by Crippen LogP contribution is 2.21. The maximum atomic E-state index is 14.5. The molecular weight excluding hydrogens is 1310 g/mol. The molecule has 0 saturated carbocycles. The number of hydrogen-bond acceptors (Lipinski definition) is 21. The first kappa shape index (κ1) is 78.4. The fourth-order valence-corrected chi connectivity index (χ4v) is 11.5. The molecule has 32 nitrogen and oxygen atoms in total. The average Bonchev–Trinajstić information content (AvgIpc) is 1.60. The number of aryl methyl sites for hydroxylation is 1. The van der Waals surface area contributed by atoms with Crippen molar-refractivity contribution in [3.05, 3.63) is 155 Å². The van der Waals surface area contributed by atoms with Crippen LogP contribution in [0.3, 0.4) is 0 Å². The number of aromatic nitrogens is 1. The molecule has 6 atom stereocenters. The van der Waals surface area contributed by atoms with Crippen LogP contribution < -0.4 is 65.5 Å². The van der Waals surface area contributed by atoms with Crippen molar-refractivity contribution in [2.24, 2.45) is 22.8 Å². The molecule has 6 rings (SSSR count). The van der Waals surface area contributed by atoms with Gasteiger partial charge in [-0.2, -0.15) is 32.1 Å². The predicted molar refractivity (Wildman–Crippen MR) is 358 cm³/mol. The highest BCUT2D eigenvalue weighted by Gasteiger charge is 2.41. The topological polar surface area (TPSA) is 498 Å². The molecule has 1 aliphatic rings. The number of carbonyl (C=O) groups excluding carboxylic acids is 10. The molecule has 1 fully saturated rings. The molecule has 5 aromatic rings. The second kappa shape index (κ2) is 37.3. The summed E-state index contributed by atoms with van der Waals surface area (Å²) in [6.07, 6.45) is 3.07. The first-order valence-corrected chi connectivity index (χ1v) is 33.8. The van der Waals surface area contributed by atoms with E-state index in [0.717, 1.165) is 17.4 Å². The fraction of sp³-hybridized carbons (Fsp3) is 0.375. The van der Waals surface area contributed by atoms with Gasteiger partial charge >= 0.3 is 0 Å². The van der Waals surface area contributed by atoms with Crippen LogP contribution in [-0.2, 0) is 82.3 Å². The Hall–Kier alpha value is -10.3. The Morgan fingerprint density at radius 1 is 0.663 bits per heavy atom. The number of aromatic hydroxyl groups is 1. The number of nitrogens with two attached hydrogens (primary N) is 1. The van der Waals surface area contributed by atoms with Crippen LogP contribution in [0.4, 0.5) is 5.82 Å². The number of hydrazine groups is 1. The zero-order valence-corrected chi connectivity index (χ0v) is 56.1. The van der Waals surface area contributed by atoms with Crippen molar-refractivity contribution in [3.63, 3.8) is 0 Å². The number of nitrogens with zero attached hydrogens (tertiary/aromatic N) is 3. The van der Waals surface area contributed by atoms with E-state index in [4.69, 9.17) is 5.90 Å². The molecule has 1 saturated heterocycles. The van der Waals surface area contributed by atoms with Gasteiger partial charge in [0.25, 0.3) is 38.0 Å². The van der Waals surface area contributed by atoms with Crippen molar-refractivity contribution >= 4 is 91.3 Å². The van der Waals surface area contributed by atoms with E-state index < -0.39 is 128 Å². The third-order valence-electron chi connectivity index (χ3n) is 14.9. The van der Waals surface area contributed by atoms with Crippen molar-refractivity contribution in [1.29, 1.82) is 0 Å². The molecule has 0 aliphatic carbocycles. The Bertz CT molecular complexity index is 3870. The summed E-state index contributed by atoms with van der Waals surface area (Å²) in [6, 6.07) is 21.3. The SMILES string of the molecule is CC(=O)N[C@@H](CS(=O)(=O)ON)C(=O)N1CCC[C@H]1C(=O)N[C@@H](CC(C)C)C(=O)NCC(=O)N[C@@H](CCc1ccccc1)C(=O)N[C@@H](Cc1ccc(O)cc1)C(=O)N[C@@H](CC(C)C)C(=O)NNC(=O)c1ccc(CNC(=O)c2ccc(N/N=C/c3ccccc3S(=O)(=O)O)nc2)cc1.N. The van der Waals surface area contributed by atoms with Crippen molar-refractivity contribution in [2.75, 3.05) is 24.3 Å². The van der Waals surface area contributed by atoms with Gasteiger partial charge < -0.3 is 53.4 Å². The van der Waals surface area contributed by atoms with E-state index in [1.165, 1.54) is 79.1 Å². The largest absolute Gasteiger partial charge is 0.508 e. The molecular formula is C64H83N15O17S2. The van der Waals surface area contributed by atoms with Crippen LogP contribution in [0.25, 0.3) is 0 Å². The Labute approximate surface area is 566 Å². The van der Waals surface area contributed by atoms with E-state index >= 15 is 0 Å². The van der Waals surface area contributed by atoms with Gasteiger partial charge in [0.1, 0.15) is 58.5 Å². The Morgan fingerprint density at radius 3 is 1.90 bits per heavy atom. The predicted octanol–water partition coefficient (Wildman–Crippen LogP) is 1.07. The van der Waals surface area contributed by atoms with E-state index in [9.17, 15) is 74.4 Å². The fourth-order valence-electron chi connectivity index (χ4n) is 10.1. The van der Waals surface area contributed by atoms with Crippen molar-refractivity contribution in [3.8, 4) is 5.75 Å². The number of benzene rings is 4. The molecule has 0 radical (unpaired) electrons. The lowest BCUT2D eigenvalue weighted by Gasteiger charge is -2.29. The Morgan fingerprint density at radius 2 is 1.28 bits per heavy atom. The number of rotatable bonds is 33. The van der Waals surface area contributed by atoms with Crippen LogP contribution in [0.2, 0.25) is 0 Å². The quantitative estimate of drug-likeness (QED) is 0.0159. The van der Waals surface area contributed by atoms with Gasteiger partial charge in [0.05, 0.1) is 18.3 Å². The second-order valence-electron chi connectivity index (χ2n) is 23.6. The van der Waals surface area contributed by atoms with Crippen LogP contribution >= 0.6 is 0 Å². The highest BCUT2D eigenvalue weighted by atomic mass is 32.2. The number of carbonyl (C=O) groups is 10. The lowest BCUT2D eigenvalue weighted by molar-refractivity contribution is -0.141. The number of phenolic OH excluding ortho intramolecular Hbond substituents is 1. The standard InChI is InChI=1S/C64H80N14O17S2.H3N/c1-38(2)30-49(74-63(88)53-15-11-29-78(53)64(89)52(70-40(5)79)37-96(90,91)95-65)59(84)68-36-56(81)71-48(27-21-41-12-7-6-8-13-41)60(85)73-51(32-42-19-25-47(80)26-20-42)61(86)72-50(31-39(3)4)62(87)77-76-58(83)44-22-17-43(18-23-44)33-67-57(82)46-24-28-55(66-34-46)75-69-35-45-14-9-10-16-54(45)97(92,93)94;/h6-10,12-14,16-20,22-26,28,34-35,38-39,48-53,80H,11,15,21,27,29-33,36-37,65H2,1-5H3,(H,66,75)(H,67,82)(H,68,84)(H,70,79)(H,71,81)(H,72,86)(H,73,85)(H,74,88)(H,76,83)(H,77,87)(H,92,93,94);1H3/b69-35+;/t48-,49-,50-,51-,52-,53-;/m0./s1. The average molecular weight is 1400 g/mol. The van der Waals surface area contributed by atoms with Gasteiger partial charge in [0.15, 0.2) is 0 Å². The molecule has 98 heavy (non-hydrogen) atoms. The molecule has 0 spiro atoms. The minimum absolute atomic E-state index is 0. The van der Waals surface area contributed by atoms with Crippen LogP contribution in [0.15, 0.2) is 131 Å². The number of hydrazone groups is 1. The van der Waals surface area contributed by atoms with Gasteiger partial charge in [0, 0.05) is 43.8 Å². The van der Waals surface area contributed by atoms with E-state index in [1.54, 1.807) is 76.2 Å². The van der Waals surface area contributed by atoms with Crippen LogP contribution in [-0.4, -0.2) is 157 Å². The van der Waals surface area contributed by atoms with Gasteiger partial charge in [-0.15, -0.1) is 0 Å². The summed E-state index contributed by atoms with van der Waals surface area (Å²) in [4.78, 5) is 141. The number of hydrogen-bond donors (Lipinski definition) is 14. The molecule has 2 heterocycles. The zero-order valence-electron chi connectivity index (χ0n) is 54.5. The van der Waals surface area contributed by atoms with Gasteiger partial charge in [-0.3, -0.25) is 68.8 Å². The summed E-state index contributed by atoms with van der Waals surface area (Å²) >= 11 is 0. The maximum Gasteiger partial charge on any atom is 0.295 e. The molecule has 4 aromatic carbocycles. The molecule has 10 amide bonds. The first-order chi connectivity index (χ1) is 46.0. The Kier molecular flexibility index (Phi) is 29.9. The number of pyridine rings is 1. The summed E-state index contributed by atoms with van der Waals surface area (Å²) < 4.78 is 61.2. The highest BCUT2D eigenvalue weighted by molar-refractivity contribution is 7.86. The Balaban J connectivity index is 0.0000173. The molecule has 528 valence electrons. The maximum absolute atomic E-state index is 14.5. The van der Waals surface area contributed by atoms with Gasteiger partial charge in [-0.25, -0.2) is 4.98 Å². The van der Waals surface area contributed by atoms with Gasteiger partial charge in [-0.1, -0.05) is 100 Å². The van der Waals surface area contributed by atoms with Gasteiger partial charge in [0.2, 0.25) is 41.4 Å². The number of anilines is 1. The second-order valence-corrected chi connectivity index (χ2v) is 26.6. The van der Waals surface area contributed by atoms with E-state index in [2.05, 4.69) is 67.9 Å². The lowest BCUT2D eigenvalue weighted by atomic mass is 10.00. The summed E-state index contributed by atoms with van der Waals surface area (Å²) in [5, 5.41) is 32.3. The molecule has 17 N–H and O–H groups in total. The van der Waals surface area contributed by atoms with Crippen LogP contribution in [0.5, 0.6) is 5.75 Å². The normalized spacial score (nSPS) is 14.5.